The van der Waals surface area contributed by atoms with Crippen LogP contribution in [-0.2, 0) is 25.6 Å². The van der Waals surface area contributed by atoms with Crippen molar-refractivity contribution < 1.29 is 27.4 Å². The molecule has 0 saturated heterocycles. The van der Waals surface area contributed by atoms with Gasteiger partial charge in [0.2, 0.25) is 5.88 Å². The Kier molecular flexibility index (Phi) is 6.94. The number of rotatable bonds is 7. The number of aryl methyl sites for hydroxylation is 1. The molecule has 2 aromatic heterocycles. The number of benzene rings is 2. The smallest absolute Gasteiger partial charge is 0.433 e. The second-order valence-corrected chi connectivity index (χ2v) is 8.71. The van der Waals surface area contributed by atoms with Gasteiger partial charge in [-0.25, -0.2) is 9.78 Å². The number of aromatic nitrogens is 3. The molecule has 0 atom stereocenters. The van der Waals surface area contributed by atoms with Crippen LogP contribution >= 0.6 is 0 Å². The number of alkyl halides is 3. The lowest BCUT2D eigenvalue weighted by Gasteiger charge is -2.22. The Morgan fingerprint density at radius 3 is 2.62 bits per heavy atom. The zero-order valence-corrected chi connectivity index (χ0v) is 20.7. The van der Waals surface area contributed by atoms with Gasteiger partial charge in [0.25, 0.3) is 0 Å². The van der Waals surface area contributed by atoms with Gasteiger partial charge in [-0.3, -0.25) is 4.57 Å². The van der Waals surface area contributed by atoms with E-state index < -0.39 is 17.6 Å². The maximum atomic E-state index is 12.7. The number of hydrogen-bond acceptors (Lipinski definition) is 7. The normalized spacial score (nSPS) is 12.2. The number of hydrogen-bond donors (Lipinski definition) is 0. The van der Waals surface area contributed by atoms with Gasteiger partial charge in [0.15, 0.2) is 0 Å². The lowest BCUT2D eigenvalue weighted by atomic mass is 9.97. The third-order valence-corrected chi connectivity index (χ3v) is 6.24. The molecule has 0 N–H and O–H groups in total. The van der Waals surface area contributed by atoms with Crippen LogP contribution < -0.4 is 19.9 Å². The molecule has 0 aliphatic carbocycles. The average molecular weight is 534 g/mol. The number of ether oxygens (including phenoxy) is 3. The Labute approximate surface area is 220 Å². The predicted octanol–water partition coefficient (Wildman–Crippen LogP) is 5.17. The maximum Gasteiger partial charge on any atom is 0.433 e. The van der Waals surface area contributed by atoms with E-state index in [-0.39, 0.29) is 29.5 Å². The van der Waals surface area contributed by atoms with E-state index in [0.717, 1.165) is 46.5 Å². The first-order valence-electron chi connectivity index (χ1n) is 11.9. The van der Waals surface area contributed by atoms with E-state index in [9.17, 15) is 23.2 Å². The van der Waals surface area contributed by atoms with Crippen molar-refractivity contribution in [3.63, 3.8) is 0 Å². The largest absolute Gasteiger partial charge is 0.497 e. The van der Waals surface area contributed by atoms with Gasteiger partial charge in [-0.15, -0.1) is 0 Å². The second-order valence-electron chi connectivity index (χ2n) is 8.71. The van der Waals surface area contributed by atoms with Gasteiger partial charge in [-0.1, -0.05) is 6.07 Å². The Balaban J connectivity index is 1.27. The lowest BCUT2D eigenvalue weighted by molar-refractivity contribution is -0.141. The van der Waals surface area contributed by atoms with Crippen LogP contribution in [0, 0.1) is 11.3 Å². The molecular formula is C28H21F3N4O4. The summed E-state index contributed by atoms with van der Waals surface area (Å²) in [5.41, 5.74) is 2.25. The molecule has 11 heteroatoms. The highest BCUT2D eigenvalue weighted by Crippen LogP contribution is 2.33. The molecule has 0 unspecified atom stereocenters. The summed E-state index contributed by atoms with van der Waals surface area (Å²) in [6.45, 7) is 0.703. The molecular weight excluding hydrogens is 513 g/mol. The average Bonchev–Trinajstić information content (AvgIpc) is 2.93. The van der Waals surface area contributed by atoms with Crippen molar-refractivity contribution >= 4 is 0 Å². The quantitative estimate of drug-likeness (QED) is 0.322. The summed E-state index contributed by atoms with van der Waals surface area (Å²) in [5.74, 6) is 1.20. The summed E-state index contributed by atoms with van der Waals surface area (Å²) in [4.78, 5) is 20.0. The van der Waals surface area contributed by atoms with Crippen molar-refractivity contribution in [2.45, 2.75) is 25.6 Å². The van der Waals surface area contributed by atoms with Gasteiger partial charge in [0.1, 0.15) is 29.0 Å². The Morgan fingerprint density at radius 2 is 1.90 bits per heavy atom. The molecule has 39 heavy (non-hydrogen) atoms. The molecule has 3 heterocycles. The lowest BCUT2D eigenvalue weighted by Crippen LogP contribution is -2.28. The summed E-state index contributed by atoms with van der Waals surface area (Å²) >= 11 is 0. The van der Waals surface area contributed by atoms with Crippen molar-refractivity contribution in [1.82, 2.24) is 14.5 Å². The summed E-state index contributed by atoms with van der Waals surface area (Å²) < 4.78 is 56.4. The fraction of sp³-hybridized carbons (Fsp3) is 0.214. The zero-order valence-electron chi connectivity index (χ0n) is 20.7. The number of nitriles is 1. The van der Waals surface area contributed by atoms with E-state index in [1.54, 1.807) is 35.9 Å². The van der Waals surface area contributed by atoms with E-state index in [1.165, 1.54) is 0 Å². The molecule has 198 valence electrons. The van der Waals surface area contributed by atoms with Crippen molar-refractivity contribution in [3.05, 3.63) is 93.7 Å². The van der Waals surface area contributed by atoms with Gasteiger partial charge < -0.3 is 14.2 Å². The highest BCUT2D eigenvalue weighted by Gasteiger charge is 2.32. The van der Waals surface area contributed by atoms with E-state index >= 15 is 0 Å². The van der Waals surface area contributed by atoms with Crippen LogP contribution in [0.3, 0.4) is 0 Å². The molecule has 2 aromatic carbocycles. The monoisotopic (exact) mass is 534 g/mol. The van der Waals surface area contributed by atoms with Crippen LogP contribution in [0.25, 0.3) is 11.3 Å². The fourth-order valence-corrected chi connectivity index (χ4v) is 4.30. The maximum absolute atomic E-state index is 12.7. The SMILES string of the molecule is COc1ccc2c(c1)CCn1c-2cc(OCCc2ccc(Oc3ccc(C(F)(F)F)nc3)c(C#N)c2)nc1=O. The van der Waals surface area contributed by atoms with Crippen LogP contribution in [0.15, 0.2) is 65.6 Å². The van der Waals surface area contributed by atoms with Crippen LogP contribution in [0.5, 0.6) is 23.1 Å². The first-order chi connectivity index (χ1) is 18.7. The molecule has 4 aromatic rings. The summed E-state index contributed by atoms with van der Waals surface area (Å²) in [6, 6.07) is 16.3. The highest BCUT2D eigenvalue weighted by atomic mass is 19.4. The zero-order chi connectivity index (χ0) is 27.6. The minimum atomic E-state index is -4.55. The van der Waals surface area contributed by atoms with Crippen molar-refractivity contribution in [1.29, 1.82) is 5.26 Å². The van der Waals surface area contributed by atoms with E-state index in [4.69, 9.17) is 14.2 Å². The topological polar surface area (TPSA) is 99.3 Å². The first kappa shape index (κ1) is 25.8. The minimum Gasteiger partial charge on any atom is -0.497 e. The molecule has 0 bridgehead atoms. The molecule has 0 radical (unpaired) electrons. The summed E-state index contributed by atoms with van der Waals surface area (Å²) in [7, 11) is 1.61. The molecule has 1 aliphatic heterocycles. The molecule has 5 rings (SSSR count). The van der Waals surface area contributed by atoms with Gasteiger partial charge in [-0.2, -0.15) is 23.4 Å². The van der Waals surface area contributed by atoms with Gasteiger partial charge in [-0.05, 0) is 60.0 Å². The van der Waals surface area contributed by atoms with Crippen molar-refractivity contribution in [3.8, 4) is 40.5 Å². The number of nitrogens with zero attached hydrogens (tertiary/aromatic N) is 4. The van der Waals surface area contributed by atoms with Gasteiger partial charge in [0.05, 0.1) is 31.2 Å². The number of pyridine rings is 1. The molecule has 1 aliphatic rings. The Hall–Kier alpha value is -4.85. The third kappa shape index (κ3) is 5.55. The first-order valence-corrected chi connectivity index (χ1v) is 11.9. The second kappa shape index (κ2) is 10.5. The standard InChI is InChI=1S/C28H21F3N4O4/c1-37-20-3-5-22-18(13-20)8-10-35-23(22)14-26(34-27(35)36)38-11-9-17-2-6-24(19(12-17)15-32)39-21-4-7-25(33-16-21)28(29,30)31/h2-7,12-14,16H,8-11H2,1H3. The fourth-order valence-electron chi connectivity index (χ4n) is 4.30. The van der Waals surface area contributed by atoms with Gasteiger partial charge in [0, 0.05) is 24.6 Å². The molecule has 0 spiro atoms. The van der Waals surface area contributed by atoms with E-state index in [0.29, 0.717) is 19.4 Å². The van der Waals surface area contributed by atoms with Crippen LogP contribution in [0.4, 0.5) is 13.2 Å². The van der Waals surface area contributed by atoms with Crippen LogP contribution in [0.2, 0.25) is 0 Å². The van der Waals surface area contributed by atoms with Crippen LogP contribution in [0.1, 0.15) is 22.4 Å². The van der Waals surface area contributed by atoms with Crippen molar-refractivity contribution in [2.75, 3.05) is 13.7 Å². The third-order valence-electron chi connectivity index (χ3n) is 6.24. The minimum absolute atomic E-state index is 0.0698. The summed E-state index contributed by atoms with van der Waals surface area (Å²) in [6.07, 6.45) is -2.50. The molecule has 0 saturated carbocycles. The Morgan fingerprint density at radius 1 is 1.08 bits per heavy atom. The van der Waals surface area contributed by atoms with Crippen LogP contribution in [-0.4, -0.2) is 28.3 Å². The van der Waals surface area contributed by atoms with Crippen molar-refractivity contribution in [2.24, 2.45) is 0 Å². The number of methoxy groups -OCH3 is 1. The predicted molar refractivity (Wildman–Crippen MR) is 134 cm³/mol. The number of halogens is 3. The van der Waals surface area contributed by atoms with Gasteiger partial charge >= 0.3 is 11.9 Å². The molecule has 8 nitrogen and oxygen atoms in total. The summed E-state index contributed by atoms with van der Waals surface area (Å²) in [5, 5.41) is 9.55. The molecule has 0 amide bonds. The highest BCUT2D eigenvalue weighted by molar-refractivity contribution is 5.67. The van der Waals surface area contributed by atoms with E-state index in [1.807, 2.05) is 24.3 Å². The number of fused-ring (bicyclic) bond motifs is 3. The van der Waals surface area contributed by atoms with E-state index in [2.05, 4.69) is 9.97 Å². The molecule has 0 fully saturated rings. The Bertz CT molecular complexity index is 1630.